The predicted octanol–water partition coefficient (Wildman–Crippen LogP) is 1.35. The standard InChI is InChI=1S/C18H28N4O3/c1-3-19-18(24)21-14-8-11-22(12-9-14)16-7-5-4-6-15(16)17(23)20-10-13-25-2/h4-7,14H,3,8-13H2,1-2H3,(H,20,23)(H2,19,21,24). The monoisotopic (exact) mass is 348 g/mol. The number of carbonyl (C=O) groups is 2. The van der Waals surface area contributed by atoms with Crippen molar-refractivity contribution in [3.8, 4) is 0 Å². The van der Waals surface area contributed by atoms with Gasteiger partial charge in [-0.1, -0.05) is 12.1 Å². The minimum Gasteiger partial charge on any atom is -0.383 e. The van der Waals surface area contributed by atoms with Crippen molar-refractivity contribution in [2.75, 3.05) is 44.8 Å². The van der Waals surface area contributed by atoms with E-state index < -0.39 is 0 Å². The van der Waals surface area contributed by atoms with E-state index in [0.717, 1.165) is 31.6 Å². The lowest BCUT2D eigenvalue weighted by Crippen LogP contribution is -2.48. The summed E-state index contributed by atoms with van der Waals surface area (Å²) in [6, 6.07) is 7.70. The summed E-state index contributed by atoms with van der Waals surface area (Å²) < 4.78 is 4.97. The molecule has 3 N–H and O–H groups in total. The molecular weight excluding hydrogens is 320 g/mol. The highest BCUT2D eigenvalue weighted by Crippen LogP contribution is 2.24. The fourth-order valence-corrected chi connectivity index (χ4v) is 2.96. The van der Waals surface area contributed by atoms with Gasteiger partial charge in [0.15, 0.2) is 0 Å². The second kappa shape index (κ2) is 9.88. The third-order valence-electron chi connectivity index (χ3n) is 4.25. The summed E-state index contributed by atoms with van der Waals surface area (Å²) in [6.45, 7) is 5.11. The molecule has 0 unspecified atom stereocenters. The van der Waals surface area contributed by atoms with Crippen molar-refractivity contribution in [3.05, 3.63) is 29.8 Å². The third-order valence-corrected chi connectivity index (χ3v) is 4.25. The molecule has 0 radical (unpaired) electrons. The number of rotatable bonds is 7. The number of hydrogen-bond acceptors (Lipinski definition) is 4. The lowest BCUT2D eigenvalue weighted by molar-refractivity contribution is 0.0937. The number of ether oxygens (including phenoxy) is 1. The molecule has 1 aliphatic rings. The molecule has 0 aromatic heterocycles. The van der Waals surface area contributed by atoms with E-state index in [-0.39, 0.29) is 18.0 Å². The Balaban J connectivity index is 1.94. The Morgan fingerprint density at radius 3 is 2.60 bits per heavy atom. The summed E-state index contributed by atoms with van der Waals surface area (Å²) >= 11 is 0. The number of hydrogen-bond donors (Lipinski definition) is 3. The molecule has 0 aliphatic carbocycles. The van der Waals surface area contributed by atoms with Crippen LogP contribution < -0.4 is 20.9 Å². The van der Waals surface area contributed by atoms with Crippen molar-refractivity contribution < 1.29 is 14.3 Å². The average Bonchev–Trinajstić information content (AvgIpc) is 2.63. The van der Waals surface area contributed by atoms with E-state index in [9.17, 15) is 9.59 Å². The van der Waals surface area contributed by atoms with Crippen molar-refractivity contribution in [2.45, 2.75) is 25.8 Å². The molecule has 0 atom stereocenters. The molecular formula is C18H28N4O3. The Labute approximate surface area is 149 Å². The normalized spacial score (nSPS) is 14.9. The SMILES string of the molecule is CCNC(=O)NC1CCN(c2ccccc2C(=O)NCCOC)CC1. The number of benzene rings is 1. The first-order valence-electron chi connectivity index (χ1n) is 8.81. The maximum absolute atomic E-state index is 12.4. The second-order valence-electron chi connectivity index (χ2n) is 6.03. The topological polar surface area (TPSA) is 82.7 Å². The molecule has 0 spiro atoms. The smallest absolute Gasteiger partial charge is 0.314 e. The van der Waals surface area contributed by atoms with E-state index >= 15 is 0 Å². The number of anilines is 1. The van der Waals surface area contributed by atoms with E-state index in [1.54, 1.807) is 7.11 Å². The van der Waals surface area contributed by atoms with E-state index in [0.29, 0.717) is 25.3 Å². The molecule has 0 saturated carbocycles. The van der Waals surface area contributed by atoms with E-state index in [1.165, 1.54) is 0 Å². The van der Waals surface area contributed by atoms with Crippen molar-refractivity contribution in [1.82, 2.24) is 16.0 Å². The molecule has 2 rings (SSSR count). The molecule has 7 nitrogen and oxygen atoms in total. The van der Waals surface area contributed by atoms with Gasteiger partial charge in [0.05, 0.1) is 12.2 Å². The van der Waals surface area contributed by atoms with Crippen LogP contribution in [0.15, 0.2) is 24.3 Å². The Morgan fingerprint density at radius 2 is 1.92 bits per heavy atom. The summed E-state index contributed by atoms with van der Waals surface area (Å²) in [5, 5.41) is 8.62. The fourth-order valence-electron chi connectivity index (χ4n) is 2.96. The fraction of sp³-hybridized carbons (Fsp3) is 0.556. The van der Waals surface area contributed by atoms with Crippen LogP contribution in [0.2, 0.25) is 0 Å². The maximum atomic E-state index is 12.4. The van der Waals surface area contributed by atoms with Gasteiger partial charge in [-0.3, -0.25) is 4.79 Å². The van der Waals surface area contributed by atoms with Gasteiger partial charge in [-0.25, -0.2) is 4.79 Å². The van der Waals surface area contributed by atoms with Crippen molar-refractivity contribution in [2.24, 2.45) is 0 Å². The molecule has 0 bridgehead atoms. The van der Waals surface area contributed by atoms with Crippen LogP contribution >= 0.6 is 0 Å². The zero-order valence-corrected chi connectivity index (χ0v) is 15.0. The van der Waals surface area contributed by atoms with Crippen molar-refractivity contribution >= 4 is 17.6 Å². The second-order valence-corrected chi connectivity index (χ2v) is 6.03. The lowest BCUT2D eigenvalue weighted by Gasteiger charge is -2.34. The number of amides is 3. The van der Waals surface area contributed by atoms with Gasteiger partial charge in [-0.05, 0) is 31.9 Å². The van der Waals surface area contributed by atoms with Gasteiger partial charge in [0.25, 0.3) is 5.91 Å². The van der Waals surface area contributed by atoms with Gasteiger partial charge in [0, 0.05) is 45.0 Å². The van der Waals surface area contributed by atoms with E-state index in [2.05, 4.69) is 20.9 Å². The molecule has 1 saturated heterocycles. The predicted molar refractivity (Wildman–Crippen MR) is 98.1 cm³/mol. The molecule has 138 valence electrons. The number of nitrogens with zero attached hydrogens (tertiary/aromatic N) is 1. The van der Waals surface area contributed by atoms with Gasteiger partial charge >= 0.3 is 6.03 Å². The maximum Gasteiger partial charge on any atom is 0.314 e. The van der Waals surface area contributed by atoms with Crippen LogP contribution in [-0.2, 0) is 4.74 Å². The number of methoxy groups -OCH3 is 1. The minimum absolute atomic E-state index is 0.0878. The first-order valence-corrected chi connectivity index (χ1v) is 8.81. The molecule has 1 fully saturated rings. The Morgan fingerprint density at radius 1 is 1.20 bits per heavy atom. The van der Waals surface area contributed by atoms with Crippen molar-refractivity contribution in [1.29, 1.82) is 0 Å². The number of carbonyl (C=O) groups excluding carboxylic acids is 2. The highest BCUT2D eigenvalue weighted by atomic mass is 16.5. The van der Waals surface area contributed by atoms with Gasteiger partial charge in [-0.2, -0.15) is 0 Å². The average molecular weight is 348 g/mol. The van der Waals surface area contributed by atoms with E-state index in [4.69, 9.17) is 4.74 Å². The van der Waals surface area contributed by atoms with Gasteiger partial charge in [0.1, 0.15) is 0 Å². The Hall–Kier alpha value is -2.28. The molecule has 25 heavy (non-hydrogen) atoms. The van der Waals surface area contributed by atoms with Crippen LogP contribution in [0.5, 0.6) is 0 Å². The number of nitrogens with one attached hydrogen (secondary N) is 3. The number of piperidine rings is 1. The first kappa shape index (κ1) is 19.1. The minimum atomic E-state index is -0.112. The van der Waals surface area contributed by atoms with E-state index in [1.807, 2.05) is 31.2 Å². The van der Waals surface area contributed by atoms with Gasteiger partial charge in [0.2, 0.25) is 0 Å². The summed E-state index contributed by atoms with van der Waals surface area (Å²) in [4.78, 5) is 26.2. The van der Waals surface area contributed by atoms with Crippen LogP contribution in [-0.4, -0.2) is 57.9 Å². The van der Waals surface area contributed by atoms with Crippen LogP contribution in [0.25, 0.3) is 0 Å². The molecule has 1 aliphatic heterocycles. The van der Waals surface area contributed by atoms with Crippen LogP contribution in [0.3, 0.4) is 0 Å². The quantitative estimate of drug-likeness (QED) is 0.650. The molecule has 1 heterocycles. The highest BCUT2D eigenvalue weighted by Gasteiger charge is 2.23. The summed E-state index contributed by atoms with van der Waals surface area (Å²) in [6.07, 6.45) is 1.72. The van der Waals surface area contributed by atoms with Crippen LogP contribution in [0.4, 0.5) is 10.5 Å². The Kier molecular flexibility index (Phi) is 7.53. The first-order chi connectivity index (χ1) is 12.2. The summed E-state index contributed by atoms with van der Waals surface area (Å²) in [7, 11) is 1.61. The largest absolute Gasteiger partial charge is 0.383 e. The van der Waals surface area contributed by atoms with Crippen molar-refractivity contribution in [3.63, 3.8) is 0 Å². The molecule has 7 heteroatoms. The Bertz CT molecular complexity index is 571. The molecule has 1 aromatic rings. The molecule has 3 amide bonds. The zero-order chi connectivity index (χ0) is 18.1. The number of urea groups is 1. The number of para-hydroxylation sites is 1. The summed E-state index contributed by atoms with van der Waals surface area (Å²) in [5.74, 6) is -0.0878. The zero-order valence-electron chi connectivity index (χ0n) is 15.0. The van der Waals surface area contributed by atoms with Gasteiger partial charge in [-0.15, -0.1) is 0 Å². The highest BCUT2D eigenvalue weighted by molar-refractivity contribution is 5.99. The van der Waals surface area contributed by atoms with Crippen LogP contribution in [0, 0.1) is 0 Å². The van der Waals surface area contributed by atoms with Crippen LogP contribution in [0.1, 0.15) is 30.1 Å². The third kappa shape index (κ3) is 5.63. The molecule has 1 aromatic carbocycles. The van der Waals surface area contributed by atoms with Gasteiger partial charge < -0.3 is 25.6 Å². The summed E-state index contributed by atoms with van der Waals surface area (Å²) in [5.41, 5.74) is 1.61. The lowest BCUT2D eigenvalue weighted by atomic mass is 10.0.